The van der Waals surface area contributed by atoms with Gasteiger partial charge in [-0.05, 0) is 55.7 Å². The van der Waals surface area contributed by atoms with Crippen molar-refractivity contribution in [3.05, 3.63) is 69.5 Å². The van der Waals surface area contributed by atoms with E-state index >= 15 is 0 Å². The molecule has 0 aliphatic heterocycles. The van der Waals surface area contributed by atoms with Gasteiger partial charge >= 0.3 is 5.97 Å². The average Bonchev–Trinajstić information content (AvgIpc) is 2.57. The molecule has 1 atom stereocenters. The number of amides is 1. The molecule has 0 saturated carbocycles. The molecule has 0 radical (unpaired) electrons. The van der Waals surface area contributed by atoms with E-state index in [2.05, 4.69) is 5.32 Å². The molecule has 2 aromatic rings. The van der Waals surface area contributed by atoms with Crippen LogP contribution in [-0.4, -0.2) is 18.5 Å². The van der Waals surface area contributed by atoms with Gasteiger partial charge in [0.25, 0.3) is 5.91 Å². The Morgan fingerprint density at radius 1 is 1.16 bits per heavy atom. The number of hydrogen-bond donors (Lipinski definition) is 1. The lowest BCUT2D eigenvalue weighted by atomic mass is 10.0. The number of hydrogen-bond acceptors (Lipinski definition) is 3. The summed E-state index contributed by atoms with van der Waals surface area (Å²) in [6.07, 6.45) is 0. The van der Waals surface area contributed by atoms with Crippen molar-refractivity contribution in [1.82, 2.24) is 5.32 Å². The van der Waals surface area contributed by atoms with Crippen LogP contribution in [0.5, 0.6) is 0 Å². The van der Waals surface area contributed by atoms with Gasteiger partial charge in [-0.25, -0.2) is 9.18 Å². The summed E-state index contributed by atoms with van der Waals surface area (Å²) in [4.78, 5) is 23.8. The van der Waals surface area contributed by atoms with Crippen LogP contribution in [0.25, 0.3) is 0 Å². The third kappa shape index (κ3) is 5.03. The van der Waals surface area contributed by atoms with Crippen LogP contribution in [0.4, 0.5) is 4.39 Å². The number of rotatable bonds is 5. The Labute approximate surface area is 150 Å². The van der Waals surface area contributed by atoms with Gasteiger partial charge in [0.1, 0.15) is 5.82 Å². The predicted molar refractivity (Wildman–Crippen MR) is 94.2 cm³/mol. The Hall–Kier alpha value is -2.40. The third-order valence-electron chi connectivity index (χ3n) is 3.89. The van der Waals surface area contributed by atoms with Gasteiger partial charge < -0.3 is 10.1 Å². The number of nitrogens with one attached hydrogen (secondary N) is 1. The molecule has 2 aromatic carbocycles. The molecule has 0 aliphatic carbocycles. The quantitative estimate of drug-likeness (QED) is 0.812. The molecule has 0 heterocycles. The molecular weight excluding hydrogens is 345 g/mol. The Bertz CT molecular complexity index is 807. The van der Waals surface area contributed by atoms with E-state index in [1.165, 1.54) is 11.6 Å². The highest BCUT2D eigenvalue weighted by Crippen LogP contribution is 2.17. The molecule has 0 bridgehead atoms. The Morgan fingerprint density at radius 2 is 1.88 bits per heavy atom. The van der Waals surface area contributed by atoms with Crippen LogP contribution < -0.4 is 5.32 Å². The second kappa shape index (κ2) is 8.12. The molecule has 132 valence electrons. The second-order valence-electron chi connectivity index (χ2n) is 5.83. The monoisotopic (exact) mass is 363 g/mol. The predicted octanol–water partition coefficient (Wildman–Crippen LogP) is 4.13. The van der Waals surface area contributed by atoms with Crippen LogP contribution in [0.2, 0.25) is 5.02 Å². The highest BCUT2D eigenvalue weighted by atomic mass is 35.5. The summed E-state index contributed by atoms with van der Waals surface area (Å²) < 4.78 is 18.4. The van der Waals surface area contributed by atoms with Crippen molar-refractivity contribution in [2.24, 2.45) is 0 Å². The average molecular weight is 364 g/mol. The number of halogens is 2. The van der Waals surface area contributed by atoms with Gasteiger partial charge in [-0.1, -0.05) is 29.8 Å². The molecule has 0 aliphatic rings. The first-order valence-electron chi connectivity index (χ1n) is 7.76. The second-order valence-corrected chi connectivity index (χ2v) is 6.27. The standard InChI is InChI=1S/C19H19ClFNO3/c1-11-4-5-14(8-12(11)2)13(3)22-18(23)10-25-19(24)16-9-15(20)6-7-17(16)21/h4-9,13H,10H2,1-3H3,(H,22,23)/t13-/m1/s1. The van der Waals surface area contributed by atoms with Crippen molar-refractivity contribution in [3.8, 4) is 0 Å². The molecule has 0 saturated heterocycles. The van der Waals surface area contributed by atoms with E-state index in [4.69, 9.17) is 16.3 Å². The van der Waals surface area contributed by atoms with E-state index in [-0.39, 0.29) is 16.6 Å². The van der Waals surface area contributed by atoms with Crippen molar-refractivity contribution in [1.29, 1.82) is 0 Å². The normalized spacial score (nSPS) is 11.7. The maximum absolute atomic E-state index is 13.6. The van der Waals surface area contributed by atoms with Crippen LogP contribution in [0.3, 0.4) is 0 Å². The fraction of sp³-hybridized carbons (Fsp3) is 0.263. The number of carbonyl (C=O) groups excluding carboxylic acids is 2. The molecule has 0 unspecified atom stereocenters. The topological polar surface area (TPSA) is 55.4 Å². The fourth-order valence-electron chi connectivity index (χ4n) is 2.26. The molecular formula is C19H19ClFNO3. The first kappa shape index (κ1) is 18.9. The zero-order chi connectivity index (χ0) is 18.6. The summed E-state index contributed by atoms with van der Waals surface area (Å²) in [5.74, 6) is -2.16. The Balaban J connectivity index is 1.92. The zero-order valence-electron chi connectivity index (χ0n) is 14.2. The van der Waals surface area contributed by atoms with Gasteiger partial charge in [-0.15, -0.1) is 0 Å². The molecule has 2 rings (SSSR count). The van der Waals surface area contributed by atoms with E-state index in [0.29, 0.717) is 0 Å². The smallest absolute Gasteiger partial charge is 0.341 e. The van der Waals surface area contributed by atoms with E-state index < -0.39 is 24.3 Å². The summed E-state index contributed by atoms with van der Waals surface area (Å²) in [5.41, 5.74) is 2.94. The van der Waals surface area contributed by atoms with Crippen molar-refractivity contribution in [3.63, 3.8) is 0 Å². The highest BCUT2D eigenvalue weighted by Gasteiger charge is 2.16. The summed E-state index contributed by atoms with van der Waals surface area (Å²) >= 11 is 5.73. The number of esters is 1. The molecule has 25 heavy (non-hydrogen) atoms. The van der Waals surface area contributed by atoms with Crippen LogP contribution in [-0.2, 0) is 9.53 Å². The summed E-state index contributed by atoms with van der Waals surface area (Å²) in [5, 5.41) is 2.95. The first-order chi connectivity index (χ1) is 11.8. The van der Waals surface area contributed by atoms with Crippen molar-refractivity contribution in [2.45, 2.75) is 26.8 Å². The van der Waals surface area contributed by atoms with Crippen molar-refractivity contribution in [2.75, 3.05) is 6.61 Å². The van der Waals surface area contributed by atoms with E-state index in [9.17, 15) is 14.0 Å². The number of benzene rings is 2. The summed E-state index contributed by atoms with van der Waals surface area (Å²) in [7, 11) is 0. The molecule has 4 nitrogen and oxygen atoms in total. The zero-order valence-corrected chi connectivity index (χ0v) is 15.0. The van der Waals surface area contributed by atoms with Gasteiger partial charge in [0, 0.05) is 5.02 Å². The minimum absolute atomic E-state index is 0.209. The number of aryl methyl sites for hydroxylation is 2. The summed E-state index contributed by atoms with van der Waals surface area (Å²) in [6.45, 7) is 5.34. The van der Waals surface area contributed by atoms with Crippen LogP contribution in [0.1, 0.15) is 40.0 Å². The Kier molecular flexibility index (Phi) is 6.15. The molecule has 0 aromatic heterocycles. The lowest BCUT2D eigenvalue weighted by molar-refractivity contribution is -0.124. The maximum atomic E-state index is 13.6. The fourth-order valence-corrected chi connectivity index (χ4v) is 2.44. The van der Waals surface area contributed by atoms with Gasteiger partial charge in [-0.3, -0.25) is 4.79 Å². The van der Waals surface area contributed by atoms with Crippen molar-refractivity contribution >= 4 is 23.5 Å². The van der Waals surface area contributed by atoms with Crippen LogP contribution in [0.15, 0.2) is 36.4 Å². The largest absolute Gasteiger partial charge is 0.452 e. The van der Waals surface area contributed by atoms with E-state index in [1.807, 2.05) is 39.0 Å². The highest BCUT2D eigenvalue weighted by molar-refractivity contribution is 6.30. The van der Waals surface area contributed by atoms with Crippen LogP contribution >= 0.6 is 11.6 Å². The SMILES string of the molecule is Cc1ccc([C@@H](C)NC(=O)COC(=O)c2cc(Cl)ccc2F)cc1C. The maximum Gasteiger partial charge on any atom is 0.341 e. The minimum atomic E-state index is -0.936. The van der Waals surface area contributed by atoms with Crippen LogP contribution in [0, 0.1) is 19.7 Å². The Morgan fingerprint density at radius 3 is 2.56 bits per heavy atom. The van der Waals surface area contributed by atoms with E-state index in [1.54, 1.807) is 0 Å². The summed E-state index contributed by atoms with van der Waals surface area (Å²) in [6, 6.07) is 9.22. The van der Waals surface area contributed by atoms with Gasteiger partial charge in [0.05, 0.1) is 11.6 Å². The lowest BCUT2D eigenvalue weighted by Gasteiger charge is -2.16. The molecule has 0 fully saturated rings. The molecule has 6 heteroatoms. The minimum Gasteiger partial charge on any atom is -0.452 e. The van der Waals surface area contributed by atoms with Crippen molar-refractivity contribution < 1.29 is 18.7 Å². The van der Waals surface area contributed by atoms with E-state index in [0.717, 1.165) is 23.3 Å². The molecule has 0 spiro atoms. The van der Waals surface area contributed by atoms with Gasteiger partial charge in [0.15, 0.2) is 6.61 Å². The third-order valence-corrected chi connectivity index (χ3v) is 4.13. The van der Waals surface area contributed by atoms with Gasteiger partial charge in [-0.2, -0.15) is 0 Å². The number of ether oxygens (including phenoxy) is 1. The molecule has 1 amide bonds. The first-order valence-corrected chi connectivity index (χ1v) is 8.14. The molecule has 1 N–H and O–H groups in total. The lowest BCUT2D eigenvalue weighted by Crippen LogP contribution is -2.31. The van der Waals surface area contributed by atoms with Gasteiger partial charge in [0.2, 0.25) is 0 Å². The number of carbonyl (C=O) groups is 2.